The summed E-state index contributed by atoms with van der Waals surface area (Å²) in [6.45, 7) is 3.64. The molecule has 2 unspecified atom stereocenters. The number of esters is 2. The summed E-state index contributed by atoms with van der Waals surface area (Å²) in [7, 11) is -4.62. The van der Waals surface area contributed by atoms with Crippen molar-refractivity contribution in [2.75, 3.05) is 19.0 Å². The normalized spacial score (nSPS) is 20.5. The van der Waals surface area contributed by atoms with Crippen molar-refractivity contribution in [1.29, 1.82) is 0 Å². The van der Waals surface area contributed by atoms with Crippen molar-refractivity contribution in [1.82, 2.24) is 0 Å². The molecule has 356 valence electrons. The van der Waals surface area contributed by atoms with Gasteiger partial charge < -0.3 is 34.3 Å². The highest BCUT2D eigenvalue weighted by Crippen LogP contribution is 2.24. The molecule has 0 aromatic carbocycles. The van der Waals surface area contributed by atoms with Crippen LogP contribution in [0.4, 0.5) is 0 Å². The van der Waals surface area contributed by atoms with E-state index in [1.807, 2.05) is 18.2 Å². The Labute approximate surface area is 374 Å². The summed E-state index contributed by atoms with van der Waals surface area (Å²) in [6, 6.07) is 0. The monoisotopic (exact) mass is 895 g/mol. The van der Waals surface area contributed by atoms with Gasteiger partial charge in [0.1, 0.15) is 36.8 Å². The molecule has 1 saturated heterocycles. The van der Waals surface area contributed by atoms with Crippen LogP contribution in [0, 0.1) is 0 Å². The third-order valence-corrected chi connectivity index (χ3v) is 11.0. The van der Waals surface area contributed by atoms with Crippen molar-refractivity contribution in [3.05, 3.63) is 72.9 Å². The van der Waals surface area contributed by atoms with Crippen LogP contribution in [0.5, 0.6) is 0 Å². The molecular weight excluding hydrogens is 813 g/mol. The van der Waals surface area contributed by atoms with E-state index in [1.54, 1.807) is 0 Å². The molecule has 62 heavy (non-hydrogen) atoms. The van der Waals surface area contributed by atoms with Gasteiger partial charge in [-0.25, -0.2) is 0 Å². The zero-order chi connectivity index (χ0) is 45.5. The standard InChI is InChI=1S/C49H82O12S/c1-3-5-7-9-11-13-15-17-19-21-23-25-27-29-31-33-35-37-44(50)58-39-42(40-59-49-48(54)47(53)46(52)43(61-49)41-62(55,56)57)60-45(51)38-36-34-32-30-28-26-24-22-20-18-16-14-12-10-8-6-4-2/h12,14,18,20,23-26,29-32,42-43,46-49,52-54H,3-11,13,15-17,19,21-22,27-28,33-41H2,1-2H3,(H,55,56,57)/b14-12+,20-18+,25-23+,26-24+,31-29+,32-30+/t42-,43-,46-,47?,48?,49+/m1/s1. The molecule has 0 spiro atoms. The number of carbonyl (C=O) groups excluding carboxylic acids is 2. The van der Waals surface area contributed by atoms with Crippen LogP contribution in [0.2, 0.25) is 0 Å². The molecule has 1 rings (SSSR count). The molecule has 1 aliphatic rings. The van der Waals surface area contributed by atoms with Crippen molar-refractivity contribution >= 4 is 22.1 Å². The second kappa shape index (κ2) is 38.5. The van der Waals surface area contributed by atoms with Crippen LogP contribution in [-0.4, -0.2) is 96.0 Å². The van der Waals surface area contributed by atoms with E-state index in [2.05, 4.69) is 68.5 Å². The molecule has 0 saturated carbocycles. The van der Waals surface area contributed by atoms with E-state index < -0.39 is 71.2 Å². The van der Waals surface area contributed by atoms with Crippen LogP contribution in [-0.2, 0) is 38.7 Å². The van der Waals surface area contributed by atoms with E-state index in [-0.39, 0.29) is 19.4 Å². The SMILES string of the molecule is CCCCC/C=C/C/C=C/C/C=C/C/C=C/CCCC(=O)O[C@H](COC(=O)CCC/C=C/C/C=C/CCCCCCCCCCC)CO[C@H]1O[C@H](CS(=O)(=O)O)[C@@H](O)C(O)C1O. The Hall–Kier alpha value is -2.91. The highest BCUT2D eigenvalue weighted by molar-refractivity contribution is 7.85. The zero-order valence-corrected chi connectivity index (χ0v) is 38.8. The molecule has 1 heterocycles. The lowest BCUT2D eigenvalue weighted by atomic mass is 10.00. The van der Waals surface area contributed by atoms with Gasteiger partial charge >= 0.3 is 11.9 Å². The minimum atomic E-state index is -4.62. The first-order valence-electron chi connectivity index (χ1n) is 23.5. The van der Waals surface area contributed by atoms with E-state index in [1.165, 1.54) is 77.0 Å². The minimum Gasteiger partial charge on any atom is -0.462 e. The van der Waals surface area contributed by atoms with Gasteiger partial charge in [-0.3, -0.25) is 14.1 Å². The number of allylic oxidation sites excluding steroid dienone is 12. The van der Waals surface area contributed by atoms with Crippen molar-refractivity contribution in [2.24, 2.45) is 0 Å². The van der Waals surface area contributed by atoms with E-state index in [0.29, 0.717) is 25.7 Å². The molecule has 1 aliphatic heterocycles. The molecular formula is C49H82O12S. The lowest BCUT2D eigenvalue weighted by Crippen LogP contribution is -2.60. The van der Waals surface area contributed by atoms with Crippen LogP contribution in [0.3, 0.4) is 0 Å². The second-order valence-electron chi connectivity index (χ2n) is 16.1. The molecule has 12 nitrogen and oxygen atoms in total. The summed E-state index contributed by atoms with van der Waals surface area (Å²) in [6.07, 6.45) is 39.6. The Bertz CT molecular complexity index is 1420. The number of rotatable bonds is 38. The fourth-order valence-electron chi connectivity index (χ4n) is 6.59. The first-order chi connectivity index (χ1) is 30.0. The van der Waals surface area contributed by atoms with E-state index in [4.69, 9.17) is 18.9 Å². The number of hydrogen-bond acceptors (Lipinski definition) is 11. The van der Waals surface area contributed by atoms with Crippen LogP contribution in [0.25, 0.3) is 0 Å². The number of hydrogen-bond donors (Lipinski definition) is 4. The first kappa shape index (κ1) is 57.1. The minimum absolute atomic E-state index is 0.0765. The maximum atomic E-state index is 12.8. The van der Waals surface area contributed by atoms with Crippen molar-refractivity contribution < 1.29 is 56.8 Å². The van der Waals surface area contributed by atoms with E-state index >= 15 is 0 Å². The lowest BCUT2D eigenvalue weighted by Gasteiger charge is -2.40. The van der Waals surface area contributed by atoms with Crippen LogP contribution < -0.4 is 0 Å². The van der Waals surface area contributed by atoms with Gasteiger partial charge in [0.2, 0.25) is 0 Å². The Kier molecular flexibility index (Phi) is 35.5. The van der Waals surface area contributed by atoms with Gasteiger partial charge in [0.05, 0.1) is 6.61 Å². The molecule has 6 atom stereocenters. The fourth-order valence-corrected chi connectivity index (χ4v) is 7.28. The second-order valence-corrected chi connectivity index (χ2v) is 17.6. The number of ether oxygens (including phenoxy) is 4. The topological polar surface area (TPSA) is 186 Å². The molecule has 0 bridgehead atoms. The van der Waals surface area contributed by atoms with Gasteiger partial charge in [-0.2, -0.15) is 8.42 Å². The summed E-state index contributed by atoms with van der Waals surface area (Å²) in [5.74, 6) is -2.12. The Balaban J connectivity index is 2.51. The van der Waals surface area contributed by atoms with Gasteiger partial charge in [-0.05, 0) is 77.0 Å². The van der Waals surface area contributed by atoms with Gasteiger partial charge in [0.25, 0.3) is 10.1 Å². The molecule has 0 aromatic heterocycles. The Morgan fingerprint density at radius 2 is 0.968 bits per heavy atom. The summed E-state index contributed by atoms with van der Waals surface area (Å²) in [4.78, 5) is 25.4. The predicted octanol–water partition coefficient (Wildman–Crippen LogP) is 9.89. The number of aliphatic hydroxyl groups excluding tert-OH is 3. The first-order valence-corrected chi connectivity index (χ1v) is 25.1. The van der Waals surface area contributed by atoms with Crippen molar-refractivity contribution in [3.63, 3.8) is 0 Å². The third kappa shape index (κ3) is 32.7. The fraction of sp³-hybridized carbons (Fsp3) is 0.714. The van der Waals surface area contributed by atoms with Crippen LogP contribution in [0.15, 0.2) is 72.9 Å². The highest BCUT2D eigenvalue weighted by Gasteiger charge is 2.46. The maximum absolute atomic E-state index is 12.8. The molecule has 0 aromatic rings. The zero-order valence-electron chi connectivity index (χ0n) is 37.9. The summed E-state index contributed by atoms with van der Waals surface area (Å²) >= 11 is 0. The summed E-state index contributed by atoms with van der Waals surface area (Å²) < 4.78 is 54.0. The molecule has 1 fully saturated rings. The average Bonchev–Trinajstić information content (AvgIpc) is 3.24. The summed E-state index contributed by atoms with van der Waals surface area (Å²) in [5, 5.41) is 30.9. The molecule has 0 radical (unpaired) electrons. The highest BCUT2D eigenvalue weighted by atomic mass is 32.2. The van der Waals surface area contributed by atoms with Gasteiger partial charge in [0, 0.05) is 12.8 Å². The largest absolute Gasteiger partial charge is 0.462 e. The van der Waals surface area contributed by atoms with Gasteiger partial charge in [0.15, 0.2) is 12.4 Å². The molecule has 0 aliphatic carbocycles. The quantitative estimate of drug-likeness (QED) is 0.0199. The number of carbonyl (C=O) groups is 2. The Morgan fingerprint density at radius 3 is 1.47 bits per heavy atom. The van der Waals surface area contributed by atoms with E-state index in [0.717, 1.165) is 38.5 Å². The predicted molar refractivity (Wildman–Crippen MR) is 247 cm³/mol. The number of unbranched alkanes of at least 4 members (excludes halogenated alkanes) is 14. The van der Waals surface area contributed by atoms with Crippen molar-refractivity contribution in [2.45, 2.75) is 205 Å². The summed E-state index contributed by atoms with van der Waals surface area (Å²) in [5.41, 5.74) is 0. The molecule has 13 heteroatoms. The molecule has 0 amide bonds. The van der Waals surface area contributed by atoms with Crippen molar-refractivity contribution in [3.8, 4) is 0 Å². The van der Waals surface area contributed by atoms with Gasteiger partial charge in [-0.15, -0.1) is 0 Å². The molecule has 4 N–H and O–H groups in total. The van der Waals surface area contributed by atoms with E-state index in [9.17, 15) is 37.9 Å². The Morgan fingerprint density at radius 1 is 0.548 bits per heavy atom. The van der Waals surface area contributed by atoms with Crippen LogP contribution >= 0.6 is 0 Å². The third-order valence-electron chi connectivity index (χ3n) is 10.3. The smallest absolute Gasteiger partial charge is 0.306 e. The van der Waals surface area contributed by atoms with Crippen LogP contribution in [0.1, 0.15) is 168 Å². The lowest BCUT2D eigenvalue weighted by molar-refractivity contribution is -0.297. The maximum Gasteiger partial charge on any atom is 0.306 e. The number of aliphatic hydroxyl groups is 3. The average molecular weight is 895 g/mol. The van der Waals surface area contributed by atoms with Gasteiger partial charge in [-0.1, -0.05) is 151 Å².